The van der Waals surface area contributed by atoms with Crippen molar-refractivity contribution in [2.24, 2.45) is 0 Å². The fourth-order valence-electron chi connectivity index (χ4n) is 2.25. The van der Waals surface area contributed by atoms with Crippen molar-refractivity contribution in [3.63, 3.8) is 0 Å². The van der Waals surface area contributed by atoms with E-state index in [1.807, 2.05) is 0 Å². The Kier molecular flexibility index (Phi) is 5.84. The maximum atomic E-state index is 12.0. The van der Waals surface area contributed by atoms with Gasteiger partial charge in [-0.05, 0) is 24.5 Å². The Morgan fingerprint density at radius 2 is 1.73 bits per heavy atom. The van der Waals surface area contributed by atoms with Crippen LogP contribution in [-0.2, 0) is 0 Å². The summed E-state index contributed by atoms with van der Waals surface area (Å²) in [5, 5.41) is 22.4. The lowest BCUT2D eigenvalue weighted by Gasteiger charge is -2.14. The lowest BCUT2D eigenvalue weighted by molar-refractivity contribution is -0.394. The third-order valence-electron chi connectivity index (χ3n) is 3.76. The van der Waals surface area contributed by atoms with Gasteiger partial charge in [0.1, 0.15) is 5.75 Å². The van der Waals surface area contributed by atoms with E-state index < -0.39 is 27.4 Å². The van der Waals surface area contributed by atoms with E-state index in [-0.39, 0.29) is 23.0 Å². The van der Waals surface area contributed by atoms with Gasteiger partial charge in [-0.1, -0.05) is 32.0 Å². The standard InChI is InChI=1S/C17H16N2O7/c1-3-11(2)14-9-12(18(21)22)10-15(19(23)24)16(14)26-17(20)25-13-7-5-4-6-8-13/h4-11H,3H2,1-2H3. The summed E-state index contributed by atoms with van der Waals surface area (Å²) in [5.41, 5.74) is -0.922. The largest absolute Gasteiger partial charge is 0.519 e. The van der Waals surface area contributed by atoms with Gasteiger partial charge in [0, 0.05) is 11.6 Å². The molecule has 0 radical (unpaired) electrons. The Hall–Kier alpha value is -3.49. The number of nitro groups is 2. The SMILES string of the molecule is CCC(C)c1cc([N+](=O)[O-])cc([N+](=O)[O-])c1OC(=O)Oc1ccccc1. The van der Waals surface area contributed by atoms with Crippen LogP contribution in [0.2, 0.25) is 0 Å². The first-order chi connectivity index (χ1) is 12.3. The van der Waals surface area contributed by atoms with Crippen LogP contribution in [0.3, 0.4) is 0 Å². The fourth-order valence-corrected chi connectivity index (χ4v) is 2.25. The number of para-hydroxylation sites is 1. The molecule has 2 aromatic carbocycles. The van der Waals surface area contributed by atoms with Crippen LogP contribution in [0.1, 0.15) is 31.7 Å². The van der Waals surface area contributed by atoms with Gasteiger partial charge in [-0.15, -0.1) is 0 Å². The van der Waals surface area contributed by atoms with Gasteiger partial charge in [-0.25, -0.2) is 4.79 Å². The van der Waals surface area contributed by atoms with Crippen LogP contribution in [-0.4, -0.2) is 16.0 Å². The number of ether oxygens (including phenoxy) is 2. The summed E-state index contributed by atoms with van der Waals surface area (Å²) in [4.78, 5) is 32.9. The van der Waals surface area contributed by atoms with E-state index in [0.717, 1.165) is 6.07 Å². The number of carbonyl (C=O) groups excluding carboxylic acids is 1. The molecule has 1 unspecified atom stereocenters. The van der Waals surface area contributed by atoms with Crippen molar-refractivity contribution in [2.75, 3.05) is 0 Å². The summed E-state index contributed by atoms with van der Waals surface area (Å²) < 4.78 is 10.1. The lowest BCUT2D eigenvalue weighted by atomic mass is 9.96. The van der Waals surface area contributed by atoms with Crippen molar-refractivity contribution in [2.45, 2.75) is 26.2 Å². The van der Waals surface area contributed by atoms with Crippen molar-refractivity contribution in [3.05, 3.63) is 68.3 Å². The van der Waals surface area contributed by atoms with E-state index in [1.54, 1.807) is 32.0 Å². The second kappa shape index (κ2) is 8.06. The topological polar surface area (TPSA) is 122 Å². The van der Waals surface area contributed by atoms with Crippen molar-refractivity contribution >= 4 is 17.5 Å². The van der Waals surface area contributed by atoms with E-state index in [0.29, 0.717) is 6.42 Å². The molecule has 9 heteroatoms. The molecule has 136 valence electrons. The predicted molar refractivity (Wildman–Crippen MR) is 91.6 cm³/mol. The molecule has 2 rings (SSSR count). The molecule has 26 heavy (non-hydrogen) atoms. The minimum Gasteiger partial charge on any atom is -0.395 e. The quantitative estimate of drug-likeness (QED) is 0.319. The van der Waals surface area contributed by atoms with Crippen LogP contribution in [0.4, 0.5) is 16.2 Å². The van der Waals surface area contributed by atoms with Gasteiger partial charge in [0.05, 0.1) is 15.9 Å². The molecular formula is C17H16N2O7. The summed E-state index contributed by atoms with van der Waals surface area (Å²) in [6.07, 6.45) is -0.639. The van der Waals surface area contributed by atoms with Gasteiger partial charge in [-0.3, -0.25) is 20.2 Å². The van der Waals surface area contributed by atoms with Crippen LogP contribution >= 0.6 is 0 Å². The molecule has 0 aromatic heterocycles. The first kappa shape index (κ1) is 18.8. The van der Waals surface area contributed by atoms with Gasteiger partial charge >= 0.3 is 11.8 Å². The predicted octanol–water partition coefficient (Wildman–Crippen LogP) is 4.59. The number of carbonyl (C=O) groups is 1. The Balaban J connectivity index is 2.45. The second-order valence-corrected chi connectivity index (χ2v) is 5.47. The molecule has 0 N–H and O–H groups in total. The average molecular weight is 360 g/mol. The summed E-state index contributed by atoms with van der Waals surface area (Å²) in [5.74, 6) is -0.462. The molecule has 0 aliphatic rings. The fraction of sp³-hybridized carbons (Fsp3) is 0.235. The minimum absolute atomic E-state index is 0.193. The Labute approximate surface area is 148 Å². The molecule has 9 nitrogen and oxygen atoms in total. The molecule has 1 atom stereocenters. The van der Waals surface area contributed by atoms with Gasteiger partial charge in [0.2, 0.25) is 5.75 Å². The van der Waals surface area contributed by atoms with E-state index >= 15 is 0 Å². The normalized spacial score (nSPS) is 11.5. The molecule has 2 aromatic rings. The molecule has 0 fully saturated rings. The van der Waals surface area contributed by atoms with Crippen LogP contribution in [0, 0.1) is 20.2 Å². The van der Waals surface area contributed by atoms with Gasteiger partial charge < -0.3 is 9.47 Å². The zero-order valence-electron chi connectivity index (χ0n) is 14.1. The molecule has 0 bridgehead atoms. The number of hydrogen-bond donors (Lipinski definition) is 0. The third kappa shape index (κ3) is 4.32. The summed E-state index contributed by atoms with van der Waals surface area (Å²) >= 11 is 0. The number of non-ortho nitro benzene ring substituents is 1. The zero-order valence-corrected chi connectivity index (χ0v) is 14.1. The summed E-state index contributed by atoms with van der Waals surface area (Å²) in [6.45, 7) is 3.53. The van der Waals surface area contributed by atoms with Crippen LogP contribution < -0.4 is 9.47 Å². The molecular weight excluding hydrogens is 344 g/mol. The molecule has 0 amide bonds. The Morgan fingerprint density at radius 3 is 2.27 bits per heavy atom. The second-order valence-electron chi connectivity index (χ2n) is 5.47. The highest BCUT2D eigenvalue weighted by atomic mass is 16.7. The van der Waals surface area contributed by atoms with Crippen molar-refractivity contribution in [3.8, 4) is 11.5 Å². The number of nitro benzene ring substituents is 2. The van der Waals surface area contributed by atoms with Crippen LogP contribution in [0.15, 0.2) is 42.5 Å². The Morgan fingerprint density at radius 1 is 1.08 bits per heavy atom. The van der Waals surface area contributed by atoms with E-state index in [4.69, 9.17) is 9.47 Å². The molecule has 0 heterocycles. The molecule has 0 saturated carbocycles. The maximum Gasteiger partial charge on any atom is 0.519 e. The van der Waals surface area contributed by atoms with E-state index in [1.165, 1.54) is 18.2 Å². The number of rotatable bonds is 6. The zero-order chi connectivity index (χ0) is 19.3. The third-order valence-corrected chi connectivity index (χ3v) is 3.76. The van der Waals surface area contributed by atoms with Gasteiger partial charge in [-0.2, -0.15) is 0 Å². The monoisotopic (exact) mass is 360 g/mol. The first-order valence-corrected chi connectivity index (χ1v) is 7.74. The lowest BCUT2D eigenvalue weighted by Crippen LogP contribution is -2.16. The van der Waals surface area contributed by atoms with E-state index in [9.17, 15) is 25.0 Å². The average Bonchev–Trinajstić information content (AvgIpc) is 2.61. The Bertz CT molecular complexity index is 837. The highest BCUT2D eigenvalue weighted by Crippen LogP contribution is 2.40. The minimum atomic E-state index is -1.17. The van der Waals surface area contributed by atoms with Crippen molar-refractivity contribution < 1.29 is 24.1 Å². The maximum absolute atomic E-state index is 12.0. The van der Waals surface area contributed by atoms with Gasteiger partial charge in [0.15, 0.2) is 0 Å². The highest BCUT2D eigenvalue weighted by Gasteiger charge is 2.29. The van der Waals surface area contributed by atoms with Crippen LogP contribution in [0.5, 0.6) is 11.5 Å². The highest BCUT2D eigenvalue weighted by molar-refractivity contribution is 5.71. The number of nitrogens with zero attached hydrogens (tertiary/aromatic N) is 2. The van der Waals surface area contributed by atoms with Crippen molar-refractivity contribution in [1.29, 1.82) is 0 Å². The molecule has 0 aliphatic carbocycles. The smallest absolute Gasteiger partial charge is 0.395 e. The molecule has 0 saturated heterocycles. The molecule has 0 aliphatic heterocycles. The van der Waals surface area contributed by atoms with Gasteiger partial charge in [0.25, 0.3) is 5.69 Å². The molecule has 0 spiro atoms. The number of hydrogen-bond acceptors (Lipinski definition) is 7. The summed E-state index contributed by atoms with van der Waals surface area (Å²) in [7, 11) is 0. The van der Waals surface area contributed by atoms with E-state index in [2.05, 4.69) is 0 Å². The van der Waals surface area contributed by atoms with Crippen LogP contribution in [0.25, 0.3) is 0 Å². The summed E-state index contributed by atoms with van der Waals surface area (Å²) in [6, 6.07) is 9.97. The van der Waals surface area contributed by atoms with Crippen molar-refractivity contribution in [1.82, 2.24) is 0 Å². The number of benzene rings is 2. The first-order valence-electron chi connectivity index (χ1n) is 7.74.